The predicted octanol–water partition coefficient (Wildman–Crippen LogP) is 2.79. The molecule has 0 aromatic heterocycles. The quantitative estimate of drug-likeness (QED) is 0.929. The third-order valence-electron chi connectivity index (χ3n) is 2.04. The van der Waals surface area contributed by atoms with E-state index in [9.17, 15) is 22.8 Å². The first-order valence-corrected chi connectivity index (χ1v) is 5.65. The maximum Gasteiger partial charge on any atom is 0.416 e. The minimum atomic E-state index is -4.52. The van der Waals surface area contributed by atoms with E-state index < -0.39 is 17.6 Å². The van der Waals surface area contributed by atoms with Crippen molar-refractivity contribution in [3.05, 3.63) is 33.8 Å². The van der Waals surface area contributed by atoms with Gasteiger partial charge >= 0.3 is 6.18 Å². The molecule has 0 fully saturated rings. The van der Waals surface area contributed by atoms with Crippen LogP contribution in [0.3, 0.4) is 0 Å². The van der Waals surface area contributed by atoms with Crippen molar-refractivity contribution in [2.24, 2.45) is 0 Å². The molecule has 98 valence electrons. The van der Waals surface area contributed by atoms with Gasteiger partial charge in [0.1, 0.15) is 5.78 Å². The minimum Gasteiger partial charge on any atom is -0.345 e. The molecule has 1 aromatic carbocycles. The lowest BCUT2D eigenvalue weighted by molar-refractivity contribution is -0.137. The molecule has 1 aromatic rings. The van der Waals surface area contributed by atoms with E-state index in [1.54, 1.807) is 0 Å². The Morgan fingerprint density at radius 3 is 2.44 bits per heavy atom. The summed E-state index contributed by atoms with van der Waals surface area (Å²) in [5, 5.41) is 2.23. The Bertz CT molecular complexity index is 486. The van der Waals surface area contributed by atoms with Crippen molar-refractivity contribution in [3.63, 3.8) is 0 Å². The Balaban J connectivity index is 3.01. The van der Waals surface area contributed by atoms with Gasteiger partial charge < -0.3 is 5.32 Å². The summed E-state index contributed by atoms with van der Waals surface area (Å²) in [5.41, 5.74) is -1.08. The van der Waals surface area contributed by atoms with Crippen LogP contribution in [-0.2, 0) is 11.0 Å². The van der Waals surface area contributed by atoms with Gasteiger partial charge in [0.2, 0.25) is 0 Å². The van der Waals surface area contributed by atoms with Gasteiger partial charge in [-0.2, -0.15) is 13.2 Å². The summed E-state index contributed by atoms with van der Waals surface area (Å²) < 4.78 is 37.7. The predicted molar refractivity (Wildman–Crippen MR) is 62.2 cm³/mol. The fraction of sp³-hybridized carbons (Fsp3) is 0.273. The molecule has 0 radical (unpaired) electrons. The highest BCUT2D eigenvalue weighted by Gasteiger charge is 2.31. The molecule has 0 aliphatic rings. The summed E-state index contributed by atoms with van der Waals surface area (Å²) in [6.07, 6.45) is -4.52. The first-order valence-electron chi connectivity index (χ1n) is 4.86. The molecule has 0 saturated carbocycles. The van der Waals surface area contributed by atoms with Crippen molar-refractivity contribution in [1.82, 2.24) is 5.32 Å². The third kappa shape index (κ3) is 3.83. The number of benzene rings is 1. The zero-order valence-corrected chi connectivity index (χ0v) is 10.9. The van der Waals surface area contributed by atoms with Gasteiger partial charge in [-0.3, -0.25) is 9.59 Å². The van der Waals surface area contributed by atoms with Crippen LogP contribution < -0.4 is 5.32 Å². The highest BCUT2D eigenvalue weighted by Crippen LogP contribution is 2.31. The number of alkyl halides is 3. The van der Waals surface area contributed by atoms with Gasteiger partial charge in [-0.15, -0.1) is 0 Å². The number of hydrogen-bond donors (Lipinski definition) is 1. The summed E-state index contributed by atoms with van der Waals surface area (Å²) in [6, 6.07) is 2.75. The molecule has 0 unspecified atom stereocenters. The van der Waals surface area contributed by atoms with Gasteiger partial charge in [0, 0.05) is 4.47 Å². The van der Waals surface area contributed by atoms with E-state index in [1.165, 1.54) is 6.92 Å². The standard InChI is InChI=1S/C11H9BrF3NO2/c1-6(17)5-16-10(18)8-4-7(11(13,14)15)2-3-9(8)12/h2-4H,5H2,1H3,(H,16,18). The zero-order valence-electron chi connectivity index (χ0n) is 9.27. The van der Waals surface area contributed by atoms with E-state index in [2.05, 4.69) is 21.2 Å². The summed E-state index contributed by atoms with van der Waals surface area (Å²) in [4.78, 5) is 22.3. The molecule has 18 heavy (non-hydrogen) atoms. The van der Waals surface area contributed by atoms with Gasteiger partial charge in [-0.05, 0) is 41.1 Å². The second-order valence-electron chi connectivity index (χ2n) is 3.58. The van der Waals surface area contributed by atoms with Crippen LogP contribution in [0.5, 0.6) is 0 Å². The molecule has 0 bridgehead atoms. The molecule has 3 nitrogen and oxygen atoms in total. The van der Waals surface area contributed by atoms with Crippen molar-refractivity contribution in [2.75, 3.05) is 6.54 Å². The van der Waals surface area contributed by atoms with E-state index in [0.717, 1.165) is 18.2 Å². The number of rotatable bonds is 3. The second-order valence-corrected chi connectivity index (χ2v) is 4.43. The van der Waals surface area contributed by atoms with Crippen LogP contribution in [0.15, 0.2) is 22.7 Å². The molecule has 0 aliphatic carbocycles. The Morgan fingerprint density at radius 1 is 1.33 bits per heavy atom. The largest absolute Gasteiger partial charge is 0.416 e. The number of nitrogens with one attached hydrogen (secondary N) is 1. The van der Waals surface area contributed by atoms with E-state index >= 15 is 0 Å². The fourth-order valence-corrected chi connectivity index (χ4v) is 1.60. The molecule has 0 atom stereocenters. The zero-order chi connectivity index (χ0) is 13.9. The van der Waals surface area contributed by atoms with Gasteiger partial charge in [0.25, 0.3) is 5.91 Å². The third-order valence-corrected chi connectivity index (χ3v) is 2.73. The Morgan fingerprint density at radius 2 is 1.94 bits per heavy atom. The molecule has 1 amide bonds. The number of Topliss-reactive ketones (excluding diaryl/α,β-unsaturated/α-hetero) is 1. The maximum atomic E-state index is 12.5. The van der Waals surface area contributed by atoms with Gasteiger partial charge in [-0.25, -0.2) is 0 Å². The first-order chi connectivity index (χ1) is 8.21. The van der Waals surface area contributed by atoms with Crippen LogP contribution in [-0.4, -0.2) is 18.2 Å². The normalized spacial score (nSPS) is 11.2. The minimum absolute atomic E-state index is 0.161. The molecule has 0 saturated heterocycles. The van der Waals surface area contributed by atoms with Crippen LogP contribution >= 0.6 is 15.9 Å². The fourth-order valence-electron chi connectivity index (χ4n) is 1.18. The molecule has 0 heterocycles. The Hall–Kier alpha value is -1.37. The summed E-state index contributed by atoms with van der Waals surface area (Å²) in [5.74, 6) is -1.02. The van der Waals surface area contributed by atoms with Crippen molar-refractivity contribution in [3.8, 4) is 0 Å². The summed E-state index contributed by atoms with van der Waals surface area (Å²) in [6.45, 7) is 1.04. The number of ketones is 1. The SMILES string of the molecule is CC(=O)CNC(=O)c1cc(C(F)(F)F)ccc1Br. The average Bonchev–Trinajstić information content (AvgIpc) is 2.24. The Kier molecular flexibility index (Phi) is 4.50. The number of amides is 1. The molecule has 0 spiro atoms. The lowest BCUT2D eigenvalue weighted by Crippen LogP contribution is -2.28. The topological polar surface area (TPSA) is 46.2 Å². The smallest absolute Gasteiger partial charge is 0.345 e. The van der Waals surface area contributed by atoms with Crippen molar-refractivity contribution >= 4 is 27.6 Å². The molecule has 0 aliphatic heterocycles. The Labute approximate surface area is 109 Å². The van der Waals surface area contributed by atoms with Crippen molar-refractivity contribution in [2.45, 2.75) is 13.1 Å². The van der Waals surface area contributed by atoms with E-state index in [1.807, 2.05) is 0 Å². The van der Waals surface area contributed by atoms with Crippen LogP contribution in [0, 0.1) is 0 Å². The van der Waals surface area contributed by atoms with Crippen molar-refractivity contribution in [1.29, 1.82) is 0 Å². The molecule has 1 rings (SSSR count). The summed E-state index contributed by atoms with van der Waals surface area (Å²) >= 11 is 2.99. The second kappa shape index (κ2) is 5.51. The highest BCUT2D eigenvalue weighted by molar-refractivity contribution is 9.10. The molecule has 7 heteroatoms. The van der Waals surface area contributed by atoms with E-state index in [-0.39, 0.29) is 22.4 Å². The summed E-state index contributed by atoms with van der Waals surface area (Å²) in [7, 11) is 0. The highest BCUT2D eigenvalue weighted by atomic mass is 79.9. The monoisotopic (exact) mass is 323 g/mol. The molecular formula is C11H9BrF3NO2. The lowest BCUT2D eigenvalue weighted by Gasteiger charge is -2.10. The number of carbonyl (C=O) groups excluding carboxylic acids is 2. The average molecular weight is 324 g/mol. The van der Waals surface area contributed by atoms with Crippen LogP contribution in [0.4, 0.5) is 13.2 Å². The van der Waals surface area contributed by atoms with E-state index in [0.29, 0.717) is 0 Å². The van der Waals surface area contributed by atoms with Crippen molar-refractivity contribution < 1.29 is 22.8 Å². The van der Waals surface area contributed by atoms with Gasteiger partial charge in [0.15, 0.2) is 0 Å². The number of carbonyl (C=O) groups is 2. The maximum absolute atomic E-state index is 12.5. The van der Waals surface area contributed by atoms with Gasteiger partial charge in [-0.1, -0.05) is 0 Å². The molecular weight excluding hydrogens is 315 g/mol. The lowest BCUT2D eigenvalue weighted by atomic mass is 10.1. The van der Waals surface area contributed by atoms with Crippen LogP contribution in [0.25, 0.3) is 0 Å². The number of hydrogen-bond acceptors (Lipinski definition) is 2. The van der Waals surface area contributed by atoms with Gasteiger partial charge in [0.05, 0.1) is 17.7 Å². The van der Waals surface area contributed by atoms with Crippen LogP contribution in [0.1, 0.15) is 22.8 Å². The van der Waals surface area contributed by atoms with E-state index in [4.69, 9.17) is 0 Å². The molecule has 1 N–H and O–H groups in total. The van der Waals surface area contributed by atoms with Crippen LogP contribution in [0.2, 0.25) is 0 Å². The first kappa shape index (κ1) is 14.7. The number of halogens is 4.